The van der Waals surface area contributed by atoms with Crippen LogP contribution in [0.4, 0.5) is 0 Å². The number of rotatable bonds is 13. The van der Waals surface area contributed by atoms with Crippen molar-refractivity contribution in [3.63, 3.8) is 0 Å². The molecule has 0 spiro atoms. The number of aliphatic carboxylic acids is 1. The molecule has 0 saturated heterocycles. The van der Waals surface area contributed by atoms with Gasteiger partial charge in [-0.25, -0.2) is 9.78 Å². The van der Waals surface area contributed by atoms with Crippen molar-refractivity contribution in [2.75, 3.05) is 6.61 Å². The fraction of sp³-hybridized carbons (Fsp3) is 0.244. The summed E-state index contributed by atoms with van der Waals surface area (Å²) in [4.78, 5) is 37.4. The summed E-state index contributed by atoms with van der Waals surface area (Å²) in [5.41, 5.74) is 6.34. The molecule has 8 rings (SSSR count). The number of amides is 1. The standard InChI is InChI=1S/C45H40Cl2N4O7S/c1-26-27(2)48-14-13-39(26)57-34-8-3-28(4-9-34)18-37(45(53)54)50-44(52)38-19-31-20-40-41(21-32(31)22-51(38)23-43-49-15-16-59-43)58-42(25-56-40)30-6-10-33(11-7-30)55-24-29-5-12-35(46)36(47)17-29/h3-17,20-21,37-38,42H,18-19,22-25H2,1-2H3,(H,50,52)(H,53,54)/t37?,38-,42+/m0/s1. The molecule has 0 aliphatic carbocycles. The number of carboxylic acid groups (broad SMARTS) is 1. The molecule has 0 saturated carbocycles. The molecule has 1 amide bonds. The molecule has 0 bridgehead atoms. The highest BCUT2D eigenvalue weighted by molar-refractivity contribution is 7.09. The fourth-order valence-corrected chi connectivity index (χ4v) is 8.09. The average Bonchev–Trinajstić information content (AvgIpc) is 3.75. The van der Waals surface area contributed by atoms with Gasteiger partial charge in [0.25, 0.3) is 0 Å². The Balaban J connectivity index is 0.938. The predicted octanol–water partition coefficient (Wildman–Crippen LogP) is 9.08. The Kier molecular flexibility index (Phi) is 12.0. The summed E-state index contributed by atoms with van der Waals surface area (Å²) in [5, 5.41) is 16.8. The zero-order valence-corrected chi connectivity index (χ0v) is 34.5. The van der Waals surface area contributed by atoms with Crippen LogP contribution in [0.25, 0.3) is 0 Å². The quantitative estimate of drug-likeness (QED) is 0.116. The molecule has 2 aromatic heterocycles. The number of halogens is 2. The monoisotopic (exact) mass is 850 g/mol. The van der Waals surface area contributed by atoms with Crippen LogP contribution in [0.15, 0.2) is 103 Å². The number of aromatic nitrogens is 2. The van der Waals surface area contributed by atoms with Gasteiger partial charge in [0.2, 0.25) is 5.91 Å². The van der Waals surface area contributed by atoms with Crippen molar-refractivity contribution >= 4 is 46.4 Å². The molecule has 3 atom stereocenters. The van der Waals surface area contributed by atoms with Crippen molar-refractivity contribution in [3.8, 4) is 28.7 Å². The Morgan fingerprint density at radius 2 is 1.68 bits per heavy atom. The molecular weight excluding hydrogens is 811 g/mol. The van der Waals surface area contributed by atoms with Crippen molar-refractivity contribution in [1.29, 1.82) is 0 Å². The number of nitrogens with one attached hydrogen (secondary N) is 1. The van der Waals surface area contributed by atoms with E-state index in [2.05, 4.69) is 15.3 Å². The lowest BCUT2D eigenvalue weighted by Crippen LogP contribution is -2.54. The van der Waals surface area contributed by atoms with Crippen molar-refractivity contribution in [2.45, 2.75) is 64.6 Å². The number of hydrogen-bond donors (Lipinski definition) is 2. The molecule has 1 unspecified atom stereocenters. The number of hydrogen-bond acceptors (Lipinski definition) is 10. The van der Waals surface area contributed by atoms with Crippen LogP contribution in [-0.4, -0.2) is 50.5 Å². The number of ether oxygens (including phenoxy) is 4. The Labute approximate surface area is 355 Å². The zero-order valence-electron chi connectivity index (χ0n) is 32.2. The summed E-state index contributed by atoms with van der Waals surface area (Å²) in [6.07, 6.45) is 3.53. The smallest absolute Gasteiger partial charge is 0.326 e. The van der Waals surface area contributed by atoms with E-state index in [-0.39, 0.29) is 18.4 Å². The molecule has 2 aliphatic rings. The third kappa shape index (κ3) is 9.47. The van der Waals surface area contributed by atoms with E-state index in [9.17, 15) is 14.7 Å². The second-order valence-electron chi connectivity index (χ2n) is 14.5. The van der Waals surface area contributed by atoms with Crippen LogP contribution >= 0.6 is 34.5 Å². The number of nitrogens with zero attached hydrogens (tertiary/aromatic N) is 3. The number of thiazole rings is 1. The molecule has 0 radical (unpaired) electrons. The van der Waals surface area contributed by atoms with Crippen LogP contribution in [0.3, 0.4) is 0 Å². The van der Waals surface area contributed by atoms with Gasteiger partial charge in [-0.15, -0.1) is 11.3 Å². The number of aryl methyl sites for hydroxylation is 1. The van der Waals surface area contributed by atoms with Gasteiger partial charge in [-0.05, 0) is 103 Å². The van der Waals surface area contributed by atoms with Crippen LogP contribution in [-0.2, 0) is 42.1 Å². The maximum absolute atomic E-state index is 14.1. The SMILES string of the molecule is Cc1nccc(Oc2ccc(CC(NC(=O)[C@@H]3Cc4cc5c(cc4CN3Cc3nccs3)O[C@@H](c3ccc(OCc4ccc(Cl)c(Cl)c4)cc3)CO5)C(=O)O)cc2)c1C. The maximum atomic E-state index is 14.1. The fourth-order valence-electron chi connectivity index (χ4n) is 7.13. The van der Waals surface area contributed by atoms with E-state index in [0.29, 0.717) is 71.5 Å². The molecule has 0 fully saturated rings. The minimum Gasteiger partial charge on any atom is -0.489 e. The molecule has 6 aromatic rings. The van der Waals surface area contributed by atoms with Gasteiger partial charge in [-0.1, -0.05) is 53.5 Å². The van der Waals surface area contributed by atoms with E-state index in [1.54, 1.807) is 42.7 Å². The molecule has 4 heterocycles. The normalized spacial score (nSPS) is 16.5. The lowest BCUT2D eigenvalue weighted by atomic mass is 9.92. The van der Waals surface area contributed by atoms with E-state index >= 15 is 0 Å². The Hall–Kier alpha value is -5.66. The van der Waals surface area contributed by atoms with Crippen LogP contribution < -0.4 is 24.3 Å². The second-order valence-corrected chi connectivity index (χ2v) is 16.3. The summed E-state index contributed by atoms with van der Waals surface area (Å²) in [5.74, 6) is 1.73. The van der Waals surface area contributed by atoms with Gasteiger partial charge in [-0.3, -0.25) is 14.7 Å². The summed E-state index contributed by atoms with van der Waals surface area (Å²) in [6.45, 7) is 5.35. The molecule has 2 N–H and O–H groups in total. The maximum Gasteiger partial charge on any atom is 0.326 e. The minimum absolute atomic E-state index is 0.0961. The van der Waals surface area contributed by atoms with Gasteiger partial charge in [0.1, 0.15) is 41.5 Å². The zero-order chi connectivity index (χ0) is 41.0. The van der Waals surface area contributed by atoms with Crippen LogP contribution in [0, 0.1) is 13.8 Å². The summed E-state index contributed by atoms with van der Waals surface area (Å²) >= 11 is 13.7. The van der Waals surface area contributed by atoms with Crippen molar-refractivity contribution in [2.24, 2.45) is 0 Å². The highest BCUT2D eigenvalue weighted by Crippen LogP contribution is 2.41. The average molecular weight is 852 g/mol. The second kappa shape index (κ2) is 17.7. The first-order valence-electron chi connectivity index (χ1n) is 19.0. The van der Waals surface area contributed by atoms with E-state index in [4.69, 9.17) is 42.1 Å². The van der Waals surface area contributed by atoms with Crippen LogP contribution in [0.2, 0.25) is 10.0 Å². The molecule has 11 nitrogen and oxygen atoms in total. The minimum atomic E-state index is -1.15. The topological polar surface area (TPSA) is 132 Å². The van der Waals surface area contributed by atoms with Crippen molar-refractivity contribution in [3.05, 3.63) is 157 Å². The highest BCUT2D eigenvalue weighted by atomic mass is 35.5. The summed E-state index contributed by atoms with van der Waals surface area (Å²) < 4.78 is 24.8. The Morgan fingerprint density at radius 1 is 0.915 bits per heavy atom. The molecule has 2 aliphatic heterocycles. The lowest BCUT2D eigenvalue weighted by Gasteiger charge is -2.37. The molecule has 4 aromatic carbocycles. The van der Waals surface area contributed by atoms with Gasteiger partial charge in [0.05, 0.1) is 22.6 Å². The summed E-state index contributed by atoms with van der Waals surface area (Å²) in [6, 6.07) is 24.3. The number of carboxylic acids is 1. The third-order valence-electron chi connectivity index (χ3n) is 10.5. The van der Waals surface area contributed by atoms with Crippen molar-refractivity contribution < 1.29 is 33.6 Å². The first-order chi connectivity index (χ1) is 28.6. The lowest BCUT2D eigenvalue weighted by molar-refractivity contribution is -0.142. The van der Waals surface area contributed by atoms with E-state index < -0.39 is 18.1 Å². The van der Waals surface area contributed by atoms with Gasteiger partial charge >= 0.3 is 5.97 Å². The van der Waals surface area contributed by atoms with Crippen molar-refractivity contribution in [1.82, 2.24) is 20.2 Å². The Bertz CT molecular complexity index is 2470. The van der Waals surface area contributed by atoms with Gasteiger partial charge in [0, 0.05) is 42.0 Å². The number of benzene rings is 4. The first-order valence-corrected chi connectivity index (χ1v) is 20.7. The molecule has 302 valence electrons. The predicted molar refractivity (Wildman–Crippen MR) is 225 cm³/mol. The molecular formula is C45H40Cl2N4O7S. The van der Waals surface area contributed by atoms with E-state index in [0.717, 1.165) is 44.1 Å². The Morgan fingerprint density at radius 3 is 2.42 bits per heavy atom. The number of carbonyl (C=O) groups excluding carboxylic acids is 1. The van der Waals surface area contributed by atoms with Crippen LogP contribution in [0.1, 0.15) is 50.2 Å². The third-order valence-corrected chi connectivity index (χ3v) is 12.0. The van der Waals surface area contributed by atoms with E-state index in [1.807, 2.05) is 78.7 Å². The summed E-state index contributed by atoms with van der Waals surface area (Å²) in [7, 11) is 0. The highest BCUT2D eigenvalue weighted by Gasteiger charge is 2.36. The van der Waals surface area contributed by atoms with Crippen LogP contribution in [0.5, 0.6) is 28.7 Å². The number of carbonyl (C=O) groups is 2. The van der Waals surface area contributed by atoms with Gasteiger partial charge in [0.15, 0.2) is 17.6 Å². The van der Waals surface area contributed by atoms with Gasteiger partial charge < -0.3 is 29.4 Å². The van der Waals surface area contributed by atoms with Gasteiger partial charge in [-0.2, -0.15) is 0 Å². The number of pyridine rings is 1. The number of fused-ring (bicyclic) bond motifs is 2. The molecule has 59 heavy (non-hydrogen) atoms. The first kappa shape index (κ1) is 40.1. The largest absolute Gasteiger partial charge is 0.489 e. The molecule has 14 heteroatoms. The van der Waals surface area contributed by atoms with E-state index in [1.165, 1.54) is 11.3 Å².